The SMILES string of the molecule is O=C1NC2(C[C@H]3CCC[C@@H](C2)N3Cc2ccccc2)Nc2ccccc21. The molecule has 4 nitrogen and oxygen atoms in total. The molecule has 0 radical (unpaired) electrons. The number of amides is 1. The molecule has 3 aliphatic rings. The van der Waals surface area contributed by atoms with Crippen LogP contribution in [-0.2, 0) is 6.54 Å². The lowest BCUT2D eigenvalue weighted by Crippen LogP contribution is -2.67. The summed E-state index contributed by atoms with van der Waals surface area (Å²) in [5.74, 6) is 0.0638. The number of nitrogens with one attached hydrogen (secondary N) is 2. The van der Waals surface area contributed by atoms with E-state index in [1.54, 1.807) is 0 Å². The van der Waals surface area contributed by atoms with Crippen LogP contribution < -0.4 is 10.6 Å². The Morgan fingerprint density at radius 3 is 2.38 bits per heavy atom. The molecule has 2 aromatic carbocycles. The van der Waals surface area contributed by atoms with E-state index in [-0.39, 0.29) is 11.6 Å². The average Bonchev–Trinajstić information content (AvgIpc) is 2.64. The first kappa shape index (κ1) is 15.9. The molecular weight excluding hydrogens is 322 g/mol. The summed E-state index contributed by atoms with van der Waals surface area (Å²) in [6.07, 6.45) is 5.66. The molecule has 0 aliphatic carbocycles. The van der Waals surface area contributed by atoms with Gasteiger partial charge in [0.15, 0.2) is 0 Å². The third-order valence-electron chi connectivity index (χ3n) is 6.29. The number of hydrogen-bond donors (Lipinski definition) is 2. The summed E-state index contributed by atoms with van der Waals surface area (Å²) in [6, 6.07) is 19.6. The molecule has 1 unspecified atom stereocenters. The normalized spacial score (nSPS) is 30.4. The Hall–Kier alpha value is -2.33. The van der Waals surface area contributed by atoms with E-state index in [9.17, 15) is 4.79 Å². The predicted molar refractivity (Wildman–Crippen MR) is 103 cm³/mol. The average molecular weight is 347 g/mol. The highest BCUT2D eigenvalue weighted by Gasteiger charge is 2.49. The van der Waals surface area contributed by atoms with Gasteiger partial charge in [-0.3, -0.25) is 9.69 Å². The molecule has 1 spiro atoms. The first-order valence-electron chi connectivity index (χ1n) is 9.72. The quantitative estimate of drug-likeness (QED) is 0.869. The van der Waals surface area contributed by atoms with Gasteiger partial charge in [0.05, 0.1) is 5.56 Å². The largest absolute Gasteiger partial charge is 0.362 e. The fraction of sp³-hybridized carbons (Fsp3) is 0.409. The van der Waals surface area contributed by atoms with Crippen LogP contribution in [0.25, 0.3) is 0 Å². The fourth-order valence-electron chi connectivity index (χ4n) is 5.17. The van der Waals surface area contributed by atoms with Crippen LogP contribution in [-0.4, -0.2) is 28.6 Å². The summed E-state index contributed by atoms with van der Waals surface area (Å²) in [5, 5.41) is 7.02. The Labute approximate surface area is 154 Å². The van der Waals surface area contributed by atoms with Crippen molar-refractivity contribution in [1.29, 1.82) is 0 Å². The first-order valence-corrected chi connectivity index (χ1v) is 9.72. The van der Waals surface area contributed by atoms with Crippen LogP contribution in [0.15, 0.2) is 54.6 Å². The number of carbonyl (C=O) groups excluding carboxylic acids is 1. The van der Waals surface area contributed by atoms with Crippen molar-refractivity contribution in [2.75, 3.05) is 5.32 Å². The molecule has 2 aromatic rings. The number of carbonyl (C=O) groups is 1. The lowest BCUT2D eigenvalue weighted by molar-refractivity contribution is -0.00654. The van der Waals surface area contributed by atoms with Crippen LogP contribution in [0.4, 0.5) is 5.69 Å². The van der Waals surface area contributed by atoms with E-state index in [4.69, 9.17) is 0 Å². The van der Waals surface area contributed by atoms with Gasteiger partial charge in [0.25, 0.3) is 5.91 Å². The number of fused-ring (bicyclic) bond motifs is 3. The molecule has 2 saturated heterocycles. The molecule has 2 N–H and O–H groups in total. The van der Waals surface area contributed by atoms with Crippen LogP contribution in [0, 0.1) is 0 Å². The summed E-state index contributed by atoms with van der Waals surface area (Å²) in [5.41, 5.74) is 2.82. The second-order valence-electron chi connectivity index (χ2n) is 8.01. The molecule has 3 atom stereocenters. The van der Waals surface area contributed by atoms with Crippen LogP contribution in [0.2, 0.25) is 0 Å². The lowest BCUT2D eigenvalue weighted by Gasteiger charge is -2.55. The molecule has 26 heavy (non-hydrogen) atoms. The Kier molecular flexibility index (Phi) is 3.75. The number of para-hydroxylation sites is 1. The van der Waals surface area contributed by atoms with Gasteiger partial charge in [-0.2, -0.15) is 0 Å². The zero-order chi connectivity index (χ0) is 17.6. The van der Waals surface area contributed by atoms with Gasteiger partial charge in [-0.05, 0) is 30.5 Å². The lowest BCUT2D eigenvalue weighted by atomic mass is 9.76. The van der Waals surface area contributed by atoms with Gasteiger partial charge in [-0.25, -0.2) is 0 Å². The summed E-state index contributed by atoms with van der Waals surface area (Å²) in [4.78, 5) is 15.4. The molecule has 1 amide bonds. The standard InChI is InChI=1S/C22H25N3O/c26-21-19-11-4-5-12-20(19)23-22(24-21)13-17-9-6-10-18(14-22)25(17)15-16-7-2-1-3-8-16/h1-5,7-8,11-12,17-18,23H,6,9-10,13-15H2,(H,24,26)/t17-,18+,22?. The second kappa shape index (κ2) is 6.13. The second-order valence-corrected chi connectivity index (χ2v) is 8.01. The van der Waals surface area contributed by atoms with Crippen LogP contribution in [0.5, 0.6) is 0 Å². The van der Waals surface area contributed by atoms with Crippen molar-refractivity contribution >= 4 is 11.6 Å². The van der Waals surface area contributed by atoms with Gasteiger partial charge >= 0.3 is 0 Å². The molecule has 0 aromatic heterocycles. The Morgan fingerprint density at radius 1 is 0.923 bits per heavy atom. The third kappa shape index (κ3) is 2.69. The van der Waals surface area contributed by atoms with Crippen LogP contribution in [0.3, 0.4) is 0 Å². The molecule has 0 saturated carbocycles. The number of nitrogens with zero attached hydrogens (tertiary/aromatic N) is 1. The summed E-state index contributed by atoms with van der Waals surface area (Å²) in [7, 11) is 0. The number of rotatable bonds is 2. The molecule has 5 rings (SSSR count). The highest BCUT2D eigenvalue weighted by atomic mass is 16.2. The topological polar surface area (TPSA) is 44.4 Å². The summed E-state index contributed by atoms with van der Waals surface area (Å²) < 4.78 is 0. The predicted octanol–water partition coefficient (Wildman–Crippen LogP) is 3.76. The molecule has 2 fully saturated rings. The van der Waals surface area contributed by atoms with Crippen molar-refractivity contribution in [1.82, 2.24) is 10.2 Å². The van der Waals surface area contributed by atoms with Gasteiger partial charge in [-0.1, -0.05) is 48.9 Å². The molecule has 3 aliphatic heterocycles. The smallest absolute Gasteiger partial charge is 0.255 e. The minimum Gasteiger partial charge on any atom is -0.362 e. The molecular formula is C22H25N3O. The highest BCUT2D eigenvalue weighted by molar-refractivity contribution is 6.02. The van der Waals surface area contributed by atoms with Gasteiger partial charge < -0.3 is 10.6 Å². The van der Waals surface area contributed by atoms with Gasteiger partial charge in [0, 0.05) is 37.2 Å². The zero-order valence-electron chi connectivity index (χ0n) is 14.9. The zero-order valence-corrected chi connectivity index (χ0v) is 14.9. The number of piperidine rings is 2. The molecule has 4 heteroatoms. The van der Waals surface area contributed by atoms with E-state index in [2.05, 4.69) is 45.9 Å². The molecule has 134 valence electrons. The van der Waals surface area contributed by atoms with E-state index in [0.29, 0.717) is 12.1 Å². The maximum Gasteiger partial charge on any atom is 0.255 e. The van der Waals surface area contributed by atoms with E-state index in [1.165, 1.54) is 24.8 Å². The highest BCUT2D eigenvalue weighted by Crippen LogP contribution is 2.42. The first-order chi connectivity index (χ1) is 12.7. The van der Waals surface area contributed by atoms with Gasteiger partial charge in [-0.15, -0.1) is 0 Å². The molecule has 2 bridgehead atoms. The third-order valence-corrected chi connectivity index (χ3v) is 6.29. The number of benzene rings is 2. The van der Waals surface area contributed by atoms with Crippen molar-refractivity contribution in [3.63, 3.8) is 0 Å². The van der Waals surface area contributed by atoms with Crippen molar-refractivity contribution in [2.24, 2.45) is 0 Å². The minimum atomic E-state index is -0.297. The van der Waals surface area contributed by atoms with Gasteiger partial charge in [0.1, 0.15) is 5.66 Å². The molecule has 3 heterocycles. The monoisotopic (exact) mass is 347 g/mol. The maximum absolute atomic E-state index is 12.7. The van der Waals surface area contributed by atoms with Gasteiger partial charge in [0.2, 0.25) is 0 Å². The van der Waals surface area contributed by atoms with E-state index in [1.807, 2.05) is 24.3 Å². The van der Waals surface area contributed by atoms with E-state index < -0.39 is 0 Å². The number of hydrogen-bond acceptors (Lipinski definition) is 3. The maximum atomic E-state index is 12.7. The minimum absolute atomic E-state index is 0.0638. The van der Waals surface area contributed by atoms with Crippen LogP contribution in [0.1, 0.15) is 48.0 Å². The van der Waals surface area contributed by atoms with Crippen molar-refractivity contribution in [3.05, 3.63) is 65.7 Å². The van der Waals surface area contributed by atoms with Crippen molar-refractivity contribution in [2.45, 2.75) is 56.4 Å². The van der Waals surface area contributed by atoms with E-state index >= 15 is 0 Å². The van der Waals surface area contributed by atoms with E-state index in [0.717, 1.165) is 30.6 Å². The Balaban J connectivity index is 1.41. The fourth-order valence-corrected chi connectivity index (χ4v) is 5.17. The Bertz CT molecular complexity index is 805. The van der Waals surface area contributed by atoms with Crippen molar-refractivity contribution in [3.8, 4) is 0 Å². The van der Waals surface area contributed by atoms with Crippen LogP contribution >= 0.6 is 0 Å². The summed E-state index contributed by atoms with van der Waals surface area (Å²) >= 11 is 0. The summed E-state index contributed by atoms with van der Waals surface area (Å²) in [6.45, 7) is 1.01. The Morgan fingerprint density at radius 2 is 1.62 bits per heavy atom. The number of anilines is 1. The van der Waals surface area contributed by atoms with Crippen molar-refractivity contribution < 1.29 is 4.79 Å².